The number of nitrogens with one attached hydrogen (secondary N) is 1. The summed E-state index contributed by atoms with van der Waals surface area (Å²) < 4.78 is 1.98. The molecule has 7 nitrogen and oxygen atoms in total. The molecule has 3 rings (SSSR count). The number of hydrogen-bond acceptors (Lipinski definition) is 7. The molecule has 2 heterocycles. The van der Waals surface area contributed by atoms with E-state index in [2.05, 4.69) is 51.1 Å². The van der Waals surface area contributed by atoms with E-state index < -0.39 is 0 Å². The van der Waals surface area contributed by atoms with Gasteiger partial charge in [-0.3, -0.25) is 4.79 Å². The zero-order valence-electron chi connectivity index (χ0n) is 19.1. The lowest BCUT2D eigenvalue weighted by atomic mass is 10.1. The molecule has 3 aromatic rings. The van der Waals surface area contributed by atoms with Crippen molar-refractivity contribution in [1.82, 2.24) is 24.7 Å². The highest BCUT2D eigenvalue weighted by atomic mass is 32.2. The number of thioether (sulfide) groups is 2. The van der Waals surface area contributed by atoms with Crippen molar-refractivity contribution in [1.29, 1.82) is 0 Å². The Bertz CT molecular complexity index is 1100. The molecule has 0 bridgehead atoms. The van der Waals surface area contributed by atoms with Crippen molar-refractivity contribution in [2.75, 3.05) is 11.1 Å². The minimum absolute atomic E-state index is 0.0715. The molecule has 0 radical (unpaired) electrons. The first-order chi connectivity index (χ1) is 15.3. The van der Waals surface area contributed by atoms with Gasteiger partial charge in [-0.05, 0) is 51.8 Å². The average molecular weight is 469 g/mol. The zero-order chi connectivity index (χ0) is 23.3. The van der Waals surface area contributed by atoms with Gasteiger partial charge in [0.05, 0.1) is 11.5 Å². The van der Waals surface area contributed by atoms with Gasteiger partial charge in [0.2, 0.25) is 5.91 Å². The molecule has 168 valence electrons. The van der Waals surface area contributed by atoms with Crippen LogP contribution in [0, 0.1) is 34.6 Å². The smallest absolute Gasteiger partial charge is 0.234 e. The normalized spacial score (nSPS) is 10.9. The first-order valence-electron chi connectivity index (χ1n) is 10.3. The fourth-order valence-electron chi connectivity index (χ4n) is 3.42. The zero-order valence-corrected chi connectivity index (χ0v) is 20.7. The Kier molecular flexibility index (Phi) is 8.09. The van der Waals surface area contributed by atoms with Gasteiger partial charge in [0.1, 0.15) is 5.82 Å². The average Bonchev–Trinajstić information content (AvgIpc) is 3.09. The third-order valence-electron chi connectivity index (χ3n) is 4.67. The van der Waals surface area contributed by atoms with Gasteiger partial charge in [-0.2, -0.15) is 0 Å². The van der Waals surface area contributed by atoms with E-state index in [9.17, 15) is 4.79 Å². The van der Waals surface area contributed by atoms with Crippen LogP contribution in [0.1, 0.15) is 33.9 Å². The highest BCUT2D eigenvalue weighted by molar-refractivity contribution is 7.99. The fraction of sp³-hybridized carbons (Fsp3) is 0.348. The van der Waals surface area contributed by atoms with E-state index in [1.165, 1.54) is 29.1 Å². The van der Waals surface area contributed by atoms with Crippen LogP contribution >= 0.6 is 23.5 Å². The molecule has 1 N–H and O–H groups in total. The Morgan fingerprint density at radius 1 is 1.03 bits per heavy atom. The van der Waals surface area contributed by atoms with Gasteiger partial charge in [0.15, 0.2) is 10.3 Å². The molecule has 0 aliphatic carbocycles. The molecule has 0 aliphatic rings. The molecule has 0 fully saturated rings. The van der Waals surface area contributed by atoms with Crippen LogP contribution in [0.5, 0.6) is 0 Å². The summed E-state index contributed by atoms with van der Waals surface area (Å²) in [6, 6.07) is 6.09. The molecule has 32 heavy (non-hydrogen) atoms. The van der Waals surface area contributed by atoms with Gasteiger partial charge in [-0.1, -0.05) is 47.3 Å². The second kappa shape index (κ2) is 10.8. The Labute approximate surface area is 197 Å². The number of carbonyl (C=O) groups excluding carboxylic acids is 1. The molecule has 2 aromatic heterocycles. The maximum Gasteiger partial charge on any atom is 0.234 e. The third-order valence-corrected chi connectivity index (χ3v) is 6.48. The van der Waals surface area contributed by atoms with Gasteiger partial charge in [-0.25, -0.2) is 9.97 Å². The molecular weight excluding hydrogens is 440 g/mol. The lowest BCUT2D eigenvalue weighted by Gasteiger charge is -2.13. The van der Waals surface area contributed by atoms with E-state index in [-0.39, 0.29) is 11.7 Å². The number of amides is 1. The maximum atomic E-state index is 12.6. The molecule has 0 saturated heterocycles. The van der Waals surface area contributed by atoms with Gasteiger partial charge < -0.3 is 9.88 Å². The summed E-state index contributed by atoms with van der Waals surface area (Å²) >= 11 is 2.88. The summed E-state index contributed by atoms with van der Waals surface area (Å²) in [5.74, 6) is 1.55. The van der Waals surface area contributed by atoms with Crippen molar-refractivity contribution in [3.63, 3.8) is 0 Å². The van der Waals surface area contributed by atoms with E-state index in [0.717, 1.165) is 34.0 Å². The quantitative estimate of drug-likeness (QED) is 0.274. The lowest BCUT2D eigenvalue weighted by molar-refractivity contribution is -0.113. The van der Waals surface area contributed by atoms with Crippen LogP contribution in [0.4, 0.5) is 5.69 Å². The van der Waals surface area contributed by atoms with Crippen molar-refractivity contribution in [3.05, 3.63) is 64.8 Å². The molecule has 1 amide bonds. The highest BCUT2D eigenvalue weighted by Gasteiger charge is 2.15. The Balaban J connectivity index is 1.66. The first kappa shape index (κ1) is 24.0. The van der Waals surface area contributed by atoms with Crippen LogP contribution in [-0.2, 0) is 17.1 Å². The van der Waals surface area contributed by atoms with Crippen LogP contribution in [0.2, 0.25) is 0 Å². The van der Waals surface area contributed by atoms with Crippen LogP contribution < -0.4 is 5.32 Å². The summed E-state index contributed by atoms with van der Waals surface area (Å²) in [5, 5.41) is 13.1. The lowest BCUT2D eigenvalue weighted by Crippen LogP contribution is -2.16. The van der Waals surface area contributed by atoms with Gasteiger partial charge in [0, 0.05) is 23.6 Å². The van der Waals surface area contributed by atoms with Crippen LogP contribution in [-0.4, -0.2) is 36.4 Å². The van der Waals surface area contributed by atoms with E-state index in [0.29, 0.717) is 22.6 Å². The number of nitrogens with zero attached hydrogens (tertiary/aromatic N) is 5. The summed E-state index contributed by atoms with van der Waals surface area (Å²) in [6.45, 7) is 14.4. The Morgan fingerprint density at radius 3 is 2.31 bits per heavy atom. The van der Waals surface area contributed by atoms with Gasteiger partial charge in [0.25, 0.3) is 0 Å². The molecule has 9 heteroatoms. The van der Waals surface area contributed by atoms with Crippen LogP contribution in [0.25, 0.3) is 0 Å². The summed E-state index contributed by atoms with van der Waals surface area (Å²) in [7, 11) is 0. The number of rotatable bonds is 9. The summed E-state index contributed by atoms with van der Waals surface area (Å²) in [4.78, 5) is 21.5. The molecule has 0 unspecified atom stereocenters. The number of allylic oxidation sites excluding steroid dienone is 1. The number of hydrogen-bond donors (Lipinski definition) is 1. The molecule has 0 atom stereocenters. The Morgan fingerprint density at radius 2 is 1.69 bits per heavy atom. The second-order valence-corrected chi connectivity index (χ2v) is 9.52. The largest absolute Gasteiger partial charge is 0.325 e. The van der Waals surface area contributed by atoms with Gasteiger partial charge >= 0.3 is 0 Å². The topological polar surface area (TPSA) is 85.6 Å². The third kappa shape index (κ3) is 6.20. The number of anilines is 1. The van der Waals surface area contributed by atoms with E-state index in [1.54, 1.807) is 6.08 Å². The number of carbonyl (C=O) groups is 1. The maximum absolute atomic E-state index is 12.6. The molecule has 0 spiro atoms. The monoisotopic (exact) mass is 468 g/mol. The fourth-order valence-corrected chi connectivity index (χ4v) is 5.07. The van der Waals surface area contributed by atoms with Crippen LogP contribution in [0.15, 0.2) is 41.2 Å². The van der Waals surface area contributed by atoms with E-state index in [4.69, 9.17) is 0 Å². The Hall–Kier alpha value is -2.65. The summed E-state index contributed by atoms with van der Waals surface area (Å²) in [6.07, 6.45) is 1.80. The first-order valence-corrected chi connectivity index (χ1v) is 12.2. The molecule has 1 aromatic carbocycles. The second-order valence-electron chi connectivity index (χ2n) is 7.63. The van der Waals surface area contributed by atoms with Crippen molar-refractivity contribution in [2.45, 2.75) is 57.2 Å². The number of benzene rings is 1. The highest BCUT2D eigenvalue weighted by Crippen LogP contribution is 2.25. The van der Waals surface area contributed by atoms with Gasteiger partial charge in [-0.15, -0.1) is 16.8 Å². The summed E-state index contributed by atoms with van der Waals surface area (Å²) in [5.41, 5.74) is 6.05. The van der Waals surface area contributed by atoms with Crippen LogP contribution in [0.3, 0.4) is 0 Å². The van der Waals surface area contributed by atoms with Crippen molar-refractivity contribution in [2.24, 2.45) is 0 Å². The van der Waals surface area contributed by atoms with Crippen molar-refractivity contribution < 1.29 is 4.79 Å². The SMILES string of the molecule is C=CCn1c(CSc2nc(C)cc(C)n2)nnc1SCC(=O)Nc1c(C)cc(C)cc1C. The number of aryl methyl sites for hydroxylation is 5. The minimum atomic E-state index is -0.0715. The van der Waals surface area contributed by atoms with E-state index >= 15 is 0 Å². The van der Waals surface area contributed by atoms with Crippen molar-refractivity contribution in [3.8, 4) is 0 Å². The predicted octanol–water partition coefficient (Wildman–Crippen LogP) is 4.82. The predicted molar refractivity (Wildman–Crippen MR) is 131 cm³/mol. The standard InChI is InChI=1S/C23H28N6OS2/c1-7-8-29-19(12-31-22-24-17(5)11-18(6)25-22)27-28-23(29)32-13-20(30)26-21-15(3)9-14(2)10-16(21)4/h7,9-11H,1,8,12-13H2,2-6H3,(H,26,30). The van der Waals surface area contributed by atoms with E-state index in [1.807, 2.05) is 38.3 Å². The molecule has 0 saturated carbocycles. The van der Waals surface area contributed by atoms with Crippen molar-refractivity contribution >= 4 is 35.1 Å². The molecular formula is C23H28N6OS2. The molecule has 0 aliphatic heterocycles. The minimum Gasteiger partial charge on any atom is -0.325 e. The number of aromatic nitrogens is 5.